The maximum atomic E-state index is 11.5. The second-order valence-corrected chi connectivity index (χ2v) is 10.3. The fraction of sp³-hybridized carbons (Fsp3) is 0.708. The molecular formula is C24H34Cl2N2O5. The molecule has 6 atom stereocenters. The van der Waals surface area contributed by atoms with Gasteiger partial charge in [0.1, 0.15) is 17.9 Å². The number of carbonyl (C=O) groups is 1. The number of likely N-dealkylation sites (tertiary alicyclic amines) is 1. The SMILES string of the molecule is COc1cc(O)c2c3c1C[C@@H]1[C@@H]4CC[C@@H](N[C@@H](C)C(=O)O)[C@H](O2)[C@]34CCN1CC1CC1.Cl.Cl. The van der Waals surface area contributed by atoms with Crippen molar-refractivity contribution in [3.63, 3.8) is 0 Å². The number of hydrogen-bond acceptors (Lipinski definition) is 6. The predicted molar refractivity (Wildman–Crippen MR) is 128 cm³/mol. The minimum Gasteiger partial charge on any atom is -0.504 e. The monoisotopic (exact) mass is 500 g/mol. The first-order chi connectivity index (χ1) is 14.9. The molecule has 5 aliphatic rings. The van der Waals surface area contributed by atoms with Gasteiger partial charge in [0, 0.05) is 41.2 Å². The zero-order chi connectivity index (χ0) is 21.5. The molecule has 2 aliphatic heterocycles. The average Bonchev–Trinajstić information content (AvgIpc) is 3.49. The van der Waals surface area contributed by atoms with E-state index in [-0.39, 0.29) is 48.1 Å². The largest absolute Gasteiger partial charge is 0.504 e. The summed E-state index contributed by atoms with van der Waals surface area (Å²) in [5, 5.41) is 23.6. The zero-order valence-electron chi connectivity index (χ0n) is 19.1. The summed E-state index contributed by atoms with van der Waals surface area (Å²) in [6, 6.07) is 1.46. The summed E-state index contributed by atoms with van der Waals surface area (Å²) in [6.45, 7) is 3.92. The zero-order valence-corrected chi connectivity index (χ0v) is 20.7. The van der Waals surface area contributed by atoms with Gasteiger partial charge in [-0.15, -0.1) is 24.8 Å². The van der Waals surface area contributed by atoms with Gasteiger partial charge in [0.05, 0.1) is 7.11 Å². The number of piperidine rings is 1. The first-order valence-corrected chi connectivity index (χ1v) is 11.8. The van der Waals surface area contributed by atoms with E-state index in [1.54, 1.807) is 20.1 Å². The molecule has 6 rings (SSSR count). The summed E-state index contributed by atoms with van der Waals surface area (Å²) >= 11 is 0. The number of ether oxygens (including phenoxy) is 2. The molecule has 1 aromatic rings. The summed E-state index contributed by atoms with van der Waals surface area (Å²) in [5.74, 6) is 1.96. The molecule has 2 saturated carbocycles. The summed E-state index contributed by atoms with van der Waals surface area (Å²) in [7, 11) is 1.67. The van der Waals surface area contributed by atoms with Crippen molar-refractivity contribution in [3.8, 4) is 17.2 Å². The van der Waals surface area contributed by atoms with E-state index in [1.165, 1.54) is 24.9 Å². The van der Waals surface area contributed by atoms with Crippen LogP contribution in [0.4, 0.5) is 0 Å². The number of carboxylic acid groups (broad SMARTS) is 1. The van der Waals surface area contributed by atoms with E-state index in [2.05, 4.69) is 10.2 Å². The van der Waals surface area contributed by atoms with Gasteiger partial charge in [0.2, 0.25) is 0 Å². The highest BCUT2D eigenvalue weighted by atomic mass is 35.5. The molecule has 184 valence electrons. The van der Waals surface area contributed by atoms with Crippen LogP contribution in [0.25, 0.3) is 0 Å². The fourth-order valence-corrected chi connectivity index (χ4v) is 7.28. The van der Waals surface area contributed by atoms with Gasteiger partial charge < -0.3 is 19.7 Å². The number of carboxylic acids is 1. The van der Waals surface area contributed by atoms with Crippen LogP contribution < -0.4 is 14.8 Å². The average molecular weight is 501 g/mol. The van der Waals surface area contributed by atoms with Gasteiger partial charge in [-0.05, 0) is 63.8 Å². The van der Waals surface area contributed by atoms with Crippen LogP contribution in [0.2, 0.25) is 0 Å². The normalized spacial score (nSPS) is 34.2. The van der Waals surface area contributed by atoms with Gasteiger partial charge in [-0.1, -0.05) is 0 Å². The van der Waals surface area contributed by atoms with Crippen LogP contribution in [0.1, 0.15) is 50.2 Å². The van der Waals surface area contributed by atoms with Gasteiger partial charge in [-0.3, -0.25) is 15.0 Å². The minimum atomic E-state index is -0.846. The Balaban J connectivity index is 0.00000130. The molecule has 33 heavy (non-hydrogen) atoms. The van der Waals surface area contributed by atoms with Crippen LogP contribution in [0.15, 0.2) is 6.07 Å². The Morgan fingerprint density at radius 3 is 2.76 bits per heavy atom. The Hall–Kier alpha value is -1.41. The van der Waals surface area contributed by atoms with Crippen LogP contribution in [0, 0.1) is 11.8 Å². The van der Waals surface area contributed by atoms with Crippen LogP contribution in [0.3, 0.4) is 0 Å². The number of phenols is 1. The minimum absolute atomic E-state index is 0. The Labute approximate surface area is 207 Å². The molecule has 0 amide bonds. The van der Waals surface area contributed by atoms with E-state index in [4.69, 9.17) is 9.47 Å². The van der Waals surface area contributed by atoms with E-state index in [1.807, 2.05) is 0 Å². The topological polar surface area (TPSA) is 91.3 Å². The molecule has 0 aromatic heterocycles. The Morgan fingerprint density at radius 2 is 2.09 bits per heavy atom. The molecule has 1 spiro atoms. The summed E-state index contributed by atoms with van der Waals surface area (Å²) in [5.41, 5.74) is 2.15. The van der Waals surface area contributed by atoms with Crippen LogP contribution in [-0.4, -0.2) is 65.5 Å². The van der Waals surface area contributed by atoms with Gasteiger partial charge in [-0.2, -0.15) is 0 Å². The number of hydrogen-bond donors (Lipinski definition) is 3. The highest BCUT2D eigenvalue weighted by Crippen LogP contribution is 2.65. The number of nitrogens with one attached hydrogen (secondary N) is 1. The molecule has 3 fully saturated rings. The van der Waals surface area contributed by atoms with Gasteiger partial charge in [-0.25, -0.2) is 0 Å². The molecule has 0 unspecified atom stereocenters. The lowest BCUT2D eigenvalue weighted by Crippen LogP contribution is -2.69. The van der Waals surface area contributed by atoms with Gasteiger partial charge in [0.15, 0.2) is 11.5 Å². The number of aliphatic carboxylic acids is 1. The van der Waals surface area contributed by atoms with Crippen molar-refractivity contribution in [2.24, 2.45) is 11.8 Å². The smallest absolute Gasteiger partial charge is 0.320 e. The third-order valence-electron chi connectivity index (χ3n) is 8.76. The van der Waals surface area contributed by atoms with Gasteiger partial charge in [0.25, 0.3) is 0 Å². The van der Waals surface area contributed by atoms with Crippen molar-refractivity contribution >= 4 is 30.8 Å². The molecule has 7 nitrogen and oxygen atoms in total. The van der Waals surface area contributed by atoms with E-state index in [0.717, 1.165) is 49.5 Å². The number of methoxy groups -OCH3 is 1. The van der Waals surface area contributed by atoms with Crippen molar-refractivity contribution < 1.29 is 24.5 Å². The first-order valence-electron chi connectivity index (χ1n) is 11.8. The standard InChI is InChI=1S/C24H32N2O5.2ClH/c1-12(23(28)29)25-16-6-5-15-17-9-14-19(30-2)10-18(27)21-20(14)24(15,22(16)31-21)7-8-26(17)11-13-3-4-13;;/h10,12-13,15-17,22,25,27H,3-9,11H2,1-2H3,(H,28,29);2*1H/t12-,15-,16+,17+,22-,24-;;/m0../s1. The number of benzene rings is 1. The third-order valence-corrected chi connectivity index (χ3v) is 8.76. The first kappa shape index (κ1) is 24.7. The maximum Gasteiger partial charge on any atom is 0.320 e. The number of phenolic OH excluding ortho intramolecular Hbond substituents is 1. The molecule has 9 heteroatoms. The van der Waals surface area contributed by atoms with Crippen molar-refractivity contribution in [3.05, 3.63) is 17.2 Å². The second kappa shape index (κ2) is 8.67. The fourth-order valence-electron chi connectivity index (χ4n) is 7.28. The number of aromatic hydroxyl groups is 1. The highest BCUT2D eigenvalue weighted by Gasteiger charge is 2.66. The van der Waals surface area contributed by atoms with E-state index >= 15 is 0 Å². The van der Waals surface area contributed by atoms with Crippen LogP contribution >= 0.6 is 24.8 Å². The maximum absolute atomic E-state index is 11.5. The Bertz CT molecular complexity index is 942. The van der Waals surface area contributed by atoms with Crippen LogP contribution in [0.5, 0.6) is 17.2 Å². The Kier molecular flexibility index (Phi) is 6.49. The highest BCUT2D eigenvalue weighted by molar-refractivity contribution is 5.85. The lowest BCUT2D eigenvalue weighted by atomic mass is 9.51. The molecule has 0 radical (unpaired) electrons. The molecule has 3 N–H and O–H groups in total. The van der Waals surface area contributed by atoms with Gasteiger partial charge >= 0.3 is 5.97 Å². The predicted octanol–water partition coefficient (Wildman–Crippen LogP) is 3.12. The summed E-state index contributed by atoms with van der Waals surface area (Å²) in [4.78, 5) is 14.3. The summed E-state index contributed by atoms with van der Waals surface area (Å²) < 4.78 is 12.3. The van der Waals surface area contributed by atoms with E-state index in [9.17, 15) is 15.0 Å². The van der Waals surface area contributed by atoms with Crippen LogP contribution in [-0.2, 0) is 16.6 Å². The van der Waals surface area contributed by atoms with Crippen molar-refractivity contribution in [2.45, 2.75) is 75.1 Å². The lowest BCUT2D eigenvalue weighted by molar-refractivity contribution is -0.140. The van der Waals surface area contributed by atoms with E-state index in [0.29, 0.717) is 17.7 Å². The number of halogens is 2. The molecule has 1 aromatic carbocycles. The molecule has 1 saturated heterocycles. The molecule has 2 bridgehead atoms. The number of nitrogens with zero attached hydrogens (tertiary/aromatic N) is 1. The molecule has 2 heterocycles. The van der Waals surface area contributed by atoms with E-state index < -0.39 is 12.0 Å². The molecule has 3 aliphatic carbocycles. The quantitative estimate of drug-likeness (QED) is 0.552. The van der Waals surface area contributed by atoms with Crippen molar-refractivity contribution in [1.29, 1.82) is 0 Å². The summed E-state index contributed by atoms with van der Waals surface area (Å²) in [6.07, 6.45) is 6.40. The number of rotatable bonds is 6. The third kappa shape index (κ3) is 3.49. The van der Waals surface area contributed by atoms with Crippen molar-refractivity contribution in [1.82, 2.24) is 10.2 Å². The molecular weight excluding hydrogens is 467 g/mol. The van der Waals surface area contributed by atoms with Crippen molar-refractivity contribution in [2.75, 3.05) is 20.2 Å². The lowest BCUT2D eigenvalue weighted by Gasteiger charge is -2.60. The second-order valence-electron chi connectivity index (χ2n) is 10.3. The Morgan fingerprint density at radius 1 is 1.33 bits per heavy atom.